The number of hydrogen-bond donors (Lipinski definition) is 5. The maximum absolute atomic E-state index is 11.9. The molecule has 0 aliphatic rings. The number of thiocarbonyl (C=S) groups is 1. The van der Waals surface area contributed by atoms with Crippen LogP contribution in [0.4, 0.5) is 5.69 Å². The van der Waals surface area contributed by atoms with Gasteiger partial charge < -0.3 is 27.2 Å². The summed E-state index contributed by atoms with van der Waals surface area (Å²) in [6, 6.07) is 5.34. The van der Waals surface area contributed by atoms with Gasteiger partial charge in [0.1, 0.15) is 11.0 Å². The van der Waals surface area contributed by atoms with E-state index in [9.17, 15) is 9.59 Å². The number of aliphatic hydroxyl groups is 1. The van der Waals surface area contributed by atoms with Crippen LogP contribution in [0.15, 0.2) is 24.3 Å². The Labute approximate surface area is 127 Å². The fraction of sp³-hybridized carbons (Fsp3) is 0.308. The number of hydrogen-bond acceptors (Lipinski definition) is 6. The first-order valence-corrected chi connectivity index (χ1v) is 6.64. The molecule has 1 rings (SSSR count). The third kappa shape index (κ3) is 5.46. The molecular weight excluding hydrogens is 292 g/mol. The van der Waals surface area contributed by atoms with E-state index in [0.29, 0.717) is 12.1 Å². The second kappa shape index (κ2) is 7.67. The average molecular weight is 310 g/mol. The van der Waals surface area contributed by atoms with E-state index < -0.39 is 24.0 Å². The van der Waals surface area contributed by atoms with Crippen molar-refractivity contribution in [3.63, 3.8) is 0 Å². The highest BCUT2D eigenvalue weighted by Crippen LogP contribution is 2.09. The van der Waals surface area contributed by atoms with Crippen molar-refractivity contribution in [3.8, 4) is 0 Å². The van der Waals surface area contributed by atoms with Crippen molar-refractivity contribution in [3.05, 3.63) is 29.8 Å². The zero-order chi connectivity index (χ0) is 16.0. The minimum absolute atomic E-state index is 0.121. The molecule has 2 amide bonds. The molecule has 0 fully saturated rings. The maximum atomic E-state index is 11.9. The zero-order valence-corrected chi connectivity index (χ0v) is 12.3. The van der Waals surface area contributed by atoms with Gasteiger partial charge >= 0.3 is 0 Å². The van der Waals surface area contributed by atoms with E-state index in [1.807, 2.05) is 0 Å². The number of primary amides is 1. The fourth-order valence-electron chi connectivity index (χ4n) is 1.40. The van der Waals surface area contributed by atoms with E-state index in [1.165, 1.54) is 0 Å². The Morgan fingerprint density at radius 1 is 1.33 bits per heavy atom. The van der Waals surface area contributed by atoms with Gasteiger partial charge in [0.25, 0.3) is 5.91 Å². The lowest BCUT2D eigenvalue weighted by Gasteiger charge is -2.12. The molecule has 0 saturated heterocycles. The topological polar surface area (TPSA) is 130 Å². The molecule has 0 saturated carbocycles. The Morgan fingerprint density at radius 3 is 2.38 bits per heavy atom. The van der Waals surface area contributed by atoms with Crippen LogP contribution in [0.2, 0.25) is 0 Å². The third-order valence-electron chi connectivity index (χ3n) is 2.57. The van der Waals surface area contributed by atoms with Crippen LogP contribution in [0.3, 0.4) is 0 Å². The predicted octanol–water partition coefficient (Wildman–Crippen LogP) is -0.651. The highest BCUT2D eigenvalue weighted by Gasteiger charge is 2.18. The molecule has 2 unspecified atom stereocenters. The van der Waals surface area contributed by atoms with Gasteiger partial charge in [-0.15, -0.1) is 0 Å². The number of carbonyl (C=O) groups is 2. The van der Waals surface area contributed by atoms with Gasteiger partial charge in [-0.3, -0.25) is 9.59 Å². The lowest BCUT2D eigenvalue weighted by atomic mass is 10.2. The van der Waals surface area contributed by atoms with Crippen LogP contribution in [0.1, 0.15) is 17.3 Å². The smallest absolute Gasteiger partial charge is 0.256 e. The van der Waals surface area contributed by atoms with Gasteiger partial charge in [-0.2, -0.15) is 0 Å². The number of anilines is 1. The zero-order valence-electron chi connectivity index (χ0n) is 11.5. The number of aliphatic hydroxyl groups excluding tert-OH is 1. The van der Waals surface area contributed by atoms with Gasteiger partial charge in [0.05, 0.1) is 6.10 Å². The van der Waals surface area contributed by atoms with E-state index in [1.54, 1.807) is 31.2 Å². The van der Waals surface area contributed by atoms with E-state index >= 15 is 0 Å². The van der Waals surface area contributed by atoms with Crippen molar-refractivity contribution in [1.29, 1.82) is 0 Å². The maximum Gasteiger partial charge on any atom is 0.256 e. The summed E-state index contributed by atoms with van der Waals surface area (Å²) in [4.78, 5) is 22.6. The first-order valence-electron chi connectivity index (χ1n) is 6.23. The summed E-state index contributed by atoms with van der Waals surface area (Å²) in [6.07, 6.45) is -0.472. The Morgan fingerprint density at radius 2 is 1.90 bits per heavy atom. The number of nitrogens with one attached hydrogen (secondary N) is 2. The Balaban J connectivity index is 2.63. The van der Waals surface area contributed by atoms with Crippen molar-refractivity contribution in [1.82, 2.24) is 5.32 Å². The molecule has 114 valence electrons. The van der Waals surface area contributed by atoms with Crippen LogP contribution in [0.5, 0.6) is 0 Å². The summed E-state index contributed by atoms with van der Waals surface area (Å²) >= 11 is 4.83. The van der Waals surface area contributed by atoms with Gasteiger partial charge in [-0.1, -0.05) is 12.2 Å². The number of benzene rings is 1. The largest absolute Gasteiger partial charge is 0.392 e. The molecule has 0 spiro atoms. The average Bonchev–Trinajstić information content (AvgIpc) is 2.44. The minimum Gasteiger partial charge on any atom is -0.392 e. The van der Waals surface area contributed by atoms with Crippen molar-refractivity contribution in [2.24, 2.45) is 11.5 Å². The molecule has 21 heavy (non-hydrogen) atoms. The van der Waals surface area contributed by atoms with Crippen LogP contribution in [0, 0.1) is 0 Å². The second-order valence-electron chi connectivity index (χ2n) is 4.51. The van der Waals surface area contributed by atoms with Crippen LogP contribution < -0.4 is 22.1 Å². The normalized spacial score (nSPS) is 13.1. The highest BCUT2D eigenvalue weighted by atomic mass is 32.1. The summed E-state index contributed by atoms with van der Waals surface area (Å²) in [5.41, 5.74) is 11.5. The number of amides is 2. The molecule has 0 aliphatic heterocycles. The number of nitrogens with two attached hydrogens (primary N) is 2. The summed E-state index contributed by atoms with van der Waals surface area (Å²) < 4.78 is 0. The van der Waals surface area contributed by atoms with Crippen molar-refractivity contribution in [2.45, 2.75) is 19.1 Å². The van der Waals surface area contributed by atoms with Crippen LogP contribution >= 0.6 is 12.2 Å². The molecule has 0 bridgehead atoms. The molecular formula is C13H18N4O3S. The Hall–Kier alpha value is -2.03. The van der Waals surface area contributed by atoms with Gasteiger partial charge in [0.2, 0.25) is 5.91 Å². The lowest BCUT2D eigenvalue weighted by Crippen LogP contribution is -2.49. The van der Waals surface area contributed by atoms with Crippen molar-refractivity contribution >= 4 is 34.7 Å². The molecule has 7 nitrogen and oxygen atoms in total. The summed E-state index contributed by atoms with van der Waals surface area (Å²) in [7, 11) is 0. The summed E-state index contributed by atoms with van der Waals surface area (Å²) in [5.74, 6) is -1.28. The third-order valence-corrected chi connectivity index (χ3v) is 2.93. The predicted molar refractivity (Wildman–Crippen MR) is 83.8 cm³/mol. The summed E-state index contributed by atoms with van der Waals surface area (Å²) in [6.45, 7) is 2.07. The lowest BCUT2D eigenvalue weighted by molar-refractivity contribution is -0.117. The molecule has 7 N–H and O–H groups in total. The number of carbonyl (C=O) groups excluding carboxylic acids is 2. The number of rotatable bonds is 6. The first kappa shape index (κ1) is 17.0. The first-order chi connectivity index (χ1) is 9.81. The molecule has 0 heterocycles. The van der Waals surface area contributed by atoms with Crippen molar-refractivity contribution in [2.75, 3.05) is 11.9 Å². The molecule has 0 aromatic heterocycles. The van der Waals surface area contributed by atoms with E-state index in [0.717, 1.165) is 5.69 Å². The highest BCUT2D eigenvalue weighted by molar-refractivity contribution is 7.80. The van der Waals surface area contributed by atoms with Crippen molar-refractivity contribution < 1.29 is 14.7 Å². The van der Waals surface area contributed by atoms with Gasteiger partial charge in [0.15, 0.2) is 0 Å². The van der Waals surface area contributed by atoms with Crippen LogP contribution in [-0.4, -0.2) is 40.6 Å². The van der Waals surface area contributed by atoms with E-state index in [-0.39, 0.29) is 4.99 Å². The van der Waals surface area contributed by atoms with Gasteiger partial charge in [-0.05, 0) is 31.2 Å². The molecule has 0 radical (unpaired) electrons. The van der Waals surface area contributed by atoms with Gasteiger partial charge in [0, 0.05) is 17.8 Å². The Kier molecular flexibility index (Phi) is 6.22. The molecule has 1 aromatic rings. The molecule has 1 aromatic carbocycles. The van der Waals surface area contributed by atoms with Gasteiger partial charge in [-0.25, -0.2) is 0 Å². The van der Waals surface area contributed by atoms with Crippen LogP contribution in [-0.2, 0) is 4.79 Å². The molecule has 8 heteroatoms. The quantitative estimate of drug-likeness (QED) is 0.444. The minimum atomic E-state index is -1.20. The van der Waals surface area contributed by atoms with Crippen LogP contribution in [0.25, 0.3) is 0 Å². The fourth-order valence-corrected chi connectivity index (χ4v) is 1.60. The Bertz CT molecular complexity index is 531. The van der Waals surface area contributed by atoms with E-state index in [2.05, 4.69) is 10.6 Å². The molecule has 0 aliphatic carbocycles. The molecule has 2 atom stereocenters. The second-order valence-corrected chi connectivity index (χ2v) is 4.95. The SMILES string of the molecule is CC(O)CNc1ccc(C(=O)NC(=S)C(N)C(N)=O)cc1. The monoisotopic (exact) mass is 310 g/mol. The standard InChI is InChI=1S/C13H18N4O3S/c1-7(18)6-16-9-4-2-8(3-5-9)12(20)17-13(21)10(14)11(15)19/h2-5,7,10,16,18H,6,14H2,1H3,(H2,15,19)(H,17,20,21). The summed E-state index contributed by atoms with van der Waals surface area (Å²) in [5, 5.41) is 14.5. The van der Waals surface area contributed by atoms with E-state index in [4.69, 9.17) is 28.8 Å².